The summed E-state index contributed by atoms with van der Waals surface area (Å²) in [6, 6.07) is 19.9. The second-order valence-electron chi connectivity index (χ2n) is 7.27. The molecular weight excluding hydrogens is 423 g/mol. The van der Waals surface area contributed by atoms with Crippen LogP contribution in [0.25, 0.3) is 23.1 Å². The van der Waals surface area contributed by atoms with Crippen molar-refractivity contribution in [2.24, 2.45) is 7.05 Å². The molecule has 4 rings (SSSR count). The lowest BCUT2D eigenvalue weighted by molar-refractivity contribution is -0.112. The zero-order valence-electron chi connectivity index (χ0n) is 17.9. The van der Waals surface area contributed by atoms with Crippen LogP contribution >= 0.6 is 0 Å². The first-order chi connectivity index (χ1) is 15.9. The molecule has 2 heterocycles. The number of nitriles is 1. The van der Waals surface area contributed by atoms with E-state index in [0.717, 1.165) is 0 Å². The molecule has 1 amide bonds. The maximum atomic E-state index is 13.1. The molecule has 0 aliphatic rings. The van der Waals surface area contributed by atoms with Gasteiger partial charge in [-0.2, -0.15) is 5.26 Å². The first kappa shape index (κ1) is 21.6. The van der Waals surface area contributed by atoms with Crippen molar-refractivity contribution in [3.05, 3.63) is 99.9 Å². The highest BCUT2D eigenvalue weighted by Gasteiger charge is 2.20. The molecular formula is C25H19FN4O3. The monoisotopic (exact) mass is 442 g/mol. The van der Waals surface area contributed by atoms with Crippen LogP contribution in [0.3, 0.4) is 0 Å². The standard InChI is InChI=1S/C25H19FN4O3/c1-16-23(25(32)30(29(16)2)20-6-4-3-5-7-20)28-24(31)18(15-27)14-21-12-13-22(33-21)17-8-10-19(26)11-9-17/h3-14H,1-2H3,(H,28,31). The SMILES string of the molecule is Cc1c(NC(=O)C(C#N)=Cc2ccc(-c3ccc(F)cc3)o2)c(=O)n(-c2ccccc2)n1C. The molecule has 2 aromatic carbocycles. The van der Waals surface area contributed by atoms with Gasteiger partial charge in [0.15, 0.2) is 0 Å². The summed E-state index contributed by atoms with van der Waals surface area (Å²) < 4.78 is 21.9. The first-order valence-corrected chi connectivity index (χ1v) is 10.0. The molecule has 0 radical (unpaired) electrons. The molecule has 33 heavy (non-hydrogen) atoms. The molecule has 0 aliphatic heterocycles. The Morgan fingerprint density at radius 2 is 1.79 bits per heavy atom. The molecule has 0 bridgehead atoms. The summed E-state index contributed by atoms with van der Waals surface area (Å²) in [6.45, 7) is 1.70. The summed E-state index contributed by atoms with van der Waals surface area (Å²) in [4.78, 5) is 25.8. The molecule has 2 aromatic heterocycles. The van der Waals surface area contributed by atoms with E-state index in [0.29, 0.717) is 22.7 Å². The van der Waals surface area contributed by atoms with Crippen LogP contribution < -0.4 is 10.9 Å². The lowest BCUT2D eigenvalue weighted by Gasteiger charge is -2.07. The fraction of sp³-hybridized carbons (Fsp3) is 0.0800. The van der Waals surface area contributed by atoms with Gasteiger partial charge in [0.05, 0.1) is 11.4 Å². The van der Waals surface area contributed by atoms with Gasteiger partial charge in [0.1, 0.15) is 34.7 Å². The van der Waals surface area contributed by atoms with Crippen molar-refractivity contribution in [2.75, 3.05) is 5.32 Å². The fourth-order valence-corrected chi connectivity index (χ4v) is 3.38. The summed E-state index contributed by atoms with van der Waals surface area (Å²) in [6.07, 6.45) is 1.29. The third-order valence-electron chi connectivity index (χ3n) is 5.20. The van der Waals surface area contributed by atoms with Crippen LogP contribution in [0.2, 0.25) is 0 Å². The predicted octanol–water partition coefficient (Wildman–Crippen LogP) is 4.43. The first-order valence-electron chi connectivity index (χ1n) is 10.0. The highest BCUT2D eigenvalue weighted by Crippen LogP contribution is 2.24. The van der Waals surface area contributed by atoms with Gasteiger partial charge in [0.2, 0.25) is 0 Å². The number of furan rings is 1. The number of hydrogen-bond donors (Lipinski definition) is 1. The summed E-state index contributed by atoms with van der Waals surface area (Å²) in [5.74, 6) is -0.365. The molecule has 0 unspecified atom stereocenters. The average molecular weight is 442 g/mol. The van der Waals surface area contributed by atoms with Gasteiger partial charge in [-0.1, -0.05) is 18.2 Å². The van der Waals surface area contributed by atoms with E-state index >= 15 is 0 Å². The van der Waals surface area contributed by atoms with Crippen LogP contribution in [-0.4, -0.2) is 15.3 Å². The number of benzene rings is 2. The van der Waals surface area contributed by atoms with Gasteiger partial charge in [-0.15, -0.1) is 0 Å². The lowest BCUT2D eigenvalue weighted by atomic mass is 10.2. The summed E-state index contributed by atoms with van der Waals surface area (Å²) >= 11 is 0. The molecule has 0 saturated heterocycles. The van der Waals surface area contributed by atoms with Gasteiger partial charge in [-0.25, -0.2) is 9.07 Å². The molecule has 1 N–H and O–H groups in total. The molecule has 0 aliphatic carbocycles. The normalized spacial score (nSPS) is 11.3. The number of amides is 1. The van der Waals surface area contributed by atoms with E-state index in [1.807, 2.05) is 24.3 Å². The average Bonchev–Trinajstić information content (AvgIpc) is 3.37. The minimum Gasteiger partial charge on any atom is -0.457 e. The van der Waals surface area contributed by atoms with Crippen LogP contribution in [0.5, 0.6) is 0 Å². The second kappa shape index (κ2) is 8.85. The third kappa shape index (κ3) is 4.25. The molecule has 7 nitrogen and oxygen atoms in total. The van der Waals surface area contributed by atoms with Crippen LogP contribution in [0.1, 0.15) is 11.5 Å². The number of rotatable bonds is 5. The number of nitrogens with one attached hydrogen (secondary N) is 1. The molecule has 0 saturated carbocycles. The van der Waals surface area contributed by atoms with Gasteiger partial charge in [0.25, 0.3) is 11.5 Å². The van der Waals surface area contributed by atoms with Crippen molar-refractivity contribution in [3.63, 3.8) is 0 Å². The quantitative estimate of drug-likeness (QED) is 0.366. The Bertz CT molecular complexity index is 1450. The minimum atomic E-state index is -0.733. The largest absolute Gasteiger partial charge is 0.457 e. The Morgan fingerprint density at radius 1 is 1.09 bits per heavy atom. The van der Waals surface area contributed by atoms with Crippen molar-refractivity contribution in [1.29, 1.82) is 5.26 Å². The highest BCUT2D eigenvalue weighted by molar-refractivity contribution is 6.09. The molecule has 164 valence electrons. The van der Waals surface area contributed by atoms with E-state index in [1.54, 1.807) is 55.1 Å². The zero-order chi connectivity index (χ0) is 23.5. The van der Waals surface area contributed by atoms with Gasteiger partial charge in [0, 0.05) is 18.7 Å². The second-order valence-corrected chi connectivity index (χ2v) is 7.27. The van der Waals surface area contributed by atoms with Crippen molar-refractivity contribution < 1.29 is 13.6 Å². The third-order valence-corrected chi connectivity index (χ3v) is 5.20. The number of anilines is 1. The number of hydrogen-bond acceptors (Lipinski definition) is 4. The zero-order valence-corrected chi connectivity index (χ0v) is 17.9. The summed E-state index contributed by atoms with van der Waals surface area (Å²) in [5, 5.41) is 12.1. The predicted molar refractivity (Wildman–Crippen MR) is 122 cm³/mol. The van der Waals surface area contributed by atoms with Crippen LogP contribution in [0.4, 0.5) is 10.1 Å². The van der Waals surface area contributed by atoms with Gasteiger partial charge >= 0.3 is 0 Å². The Kier molecular flexibility index (Phi) is 5.79. The number of aromatic nitrogens is 2. The molecule has 0 spiro atoms. The number of carbonyl (C=O) groups excluding carboxylic acids is 1. The van der Waals surface area contributed by atoms with Crippen molar-refractivity contribution in [3.8, 4) is 23.1 Å². The summed E-state index contributed by atoms with van der Waals surface area (Å²) in [7, 11) is 1.71. The van der Waals surface area contributed by atoms with E-state index in [2.05, 4.69) is 5.32 Å². The molecule has 0 fully saturated rings. The Balaban J connectivity index is 1.61. The van der Waals surface area contributed by atoms with E-state index in [-0.39, 0.29) is 22.8 Å². The Morgan fingerprint density at radius 3 is 2.45 bits per heavy atom. The molecule has 8 heteroatoms. The number of carbonyl (C=O) groups is 1. The fourth-order valence-electron chi connectivity index (χ4n) is 3.38. The minimum absolute atomic E-state index is 0.0824. The van der Waals surface area contributed by atoms with Gasteiger partial charge < -0.3 is 9.73 Å². The number of nitrogens with zero attached hydrogens (tertiary/aromatic N) is 3. The van der Waals surface area contributed by atoms with Crippen molar-refractivity contribution >= 4 is 17.7 Å². The van der Waals surface area contributed by atoms with Crippen LogP contribution in [0.15, 0.2) is 81.5 Å². The van der Waals surface area contributed by atoms with E-state index in [4.69, 9.17) is 4.42 Å². The maximum Gasteiger partial charge on any atom is 0.295 e. The Labute approximate surface area is 188 Å². The van der Waals surface area contributed by atoms with Crippen molar-refractivity contribution in [2.45, 2.75) is 6.92 Å². The highest BCUT2D eigenvalue weighted by atomic mass is 19.1. The molecule has 0 atom stereocenters. The van der Waals surface area contributed by atoms with Crippen LogP contribution in [0, 0.1) is 24.1 Å². The maximum absolute atomic E-state index is 13.1. The smallest absolute Gasteiger partial charge is 0.295 e. The number of halogens is 1. The lowest BCUT2D eigenvalue weighted by Crippen LogP contribution is -2.23. The van der Waals surface area contributed by atoms with Gasteiger partial charge in [-0.05, 0) is 55.5 Å². The Hall–Kier alpha value is -4.64. The van der Waals surface area contributed by atoms with E-state index in [1.165, 1.54) is 22.9 Å². The number of para-hydroxylation sites is 1. The van der Waals surface area contributed by atoms with Crippen molar-refractivity contribution in [1.82, 2.24) is 9.36 Å². The van der Waals surface area contributed by atoms with E-state index < -0.39 is 11.5 Å². The van der Waals surface area contributed by atoms with Gasteiger partial charge in [-0.3, -0.25) is 14.3 Å². The molecule has 4 aromatic rings. The topological polar surface area (TPSA) is 93.0 Å². The summed E-state index contributed by atoms with van der Waals surface area (Å²) in [5.41, 5.74) is 1.27. The van der Waals surface area contributed by atoms with E-state index in [9.17, 15) is 19.2 Å². The van der Waals surface area contributed by atoms with Crippen LogP contribution in [-0.2, 0) is 11.8 Å².